The fraction of sp³-hybridized carbons (Fsp3) is 0.292. The average molecular weight is 881 g/mol. The quantitative estimate of drug-likeness (QED) is 0.0715. The van der Waals surface area contributed by atoms with E-state index in [1.54, 1.807) is 0 Å². The van der Waals surface area contributed by atoms with Crippen LogP contribution in [-0.4, -0.2) is 15.9 Å². The Morgan fingerprint density at radius 3 is 2.17 bits per heavy atom. The summed E-state index contributed by atoms with van der Waals surface area (Å²) in [5.74, 6) is 0.549. The summed E-state index contributed by atoms with van der Waals surface area (Å²) in [7, 11) is 0. The van der Waals surface area contributed by atoms with Crippen molar-refractivity contribution in [3.05, 3.63) is 126 Å². The van der Waals surface area contributed by atoms with E-state index in [-0.39, 0.29) is 42.5 Å². The molecule has 0 fully saturated rings. The number of aromatic nitrogens is 1. The Kier molecular flexibility index (Phi) is 11.8. The number of hydrogen-bond acceptors (Lipinski definition) is 4. The Balaban J connectivity index is 0.000000290. The zero-order valence-corrected chi connectivity index (χ0v) is 34.7. The topological polar surface area (TPSA) is 63.3 Å². The number of carbonyl (C=O) groups excluding carboxylic acids is 1. The molecule has 2 heterocycles. The van der Waals surface area contributed by atoms with Gasteiger partial charge in [0, 0.05) is 65.2 Å². The van der Waals surface area contributed by atoms with Gasteiger partial charge in [-0.1, -0.05) is 133 Å². The van der Waals surface area contributed by atoms with E-state index in [0.717, 1.165) is 57.0 Å². The van der Waals surface area contributed by atoms with E-state index in [4.69, 9.17) is 9.40 Å². The second-order valence-electron chi connectivity index (χ2n) is 15.5. The maximum absolute atomic E-state index is 11.8. The minimum Gasteiger partial charge on any atom is -0.512 e. The van der Waals surface area contributed by atoms with Crippen molar-refractivity contribution in [2.24, 2.45) is 10.8 Å². The van der Waals surface area contributed by atoms with E-state index < -0.39 is 0 Å². The number of ketones is 1. The monoisotopic (exact) mass is 881 g/mol. The predicted octanol–water partition coefficient (Wildman–Crippen LogP) is 13.7. The molecular weight excluding hydrogens is 831 g/mol. The molecule has 0 saturated heterocycles. The summed E-state index contributed by atoms with van der Waals surface area (Å²) in [5, 5.41) is 17.0. The van der Waals surface area contributed by atoms with Gasteiger partial charge in [0.05, 0.1) is 0 Å². The predicted molar refractivity (Wildman–Crippen MR) is 219 cm³/mol. The van der Waals surface area contributed by atoms with Crippen LogP contribution in [0.5, 0.6) is 0 Å². The van der Waals surface area contributed by atoms with Gasteiger partial charge in [0.2, 0.25) is 0 Å². The van der Waals surface area contributed by atoms with Crippen LogP contribution in [-0.2, 0) is 24.9 Å². The molecule has 4 nitrogen and oxygen atoms in total. The van der Waals surface area contributed by atoms with Crippen LogP contribution in [0.4, 0.5) is 0 Å². The molecule has 1 N–H and O–H groups in total. The van der Waals surface area contributed by atoms with Crippen LogP contribution in [0.1, 0.15) is 85.3 Å². The van der Waals surface area contributed by atoms with Crippen molar-refractivity contribution < 1.29 is 34.4 Å². The Hall–Kier alpha value is -4.57. The third-order valence-corrected chi connectivity index (χ3v) is 10.9. The first-order valence-electron chi connectivity index (χ1n) is 18.5. The van der Waals surface area contributed by atoms with Gasteiger partial charge in [-0.05, 0) is 59.7 Å². The van der Waals surface area contributed by atoms with Crippen LogP contribution in [0.2, 0.25) is 0 Å². The molecule has 1 radical (unpaired) electrons. The van der Waals surface area contributed by atoms with Crippen molar-refractivity contribution in [2.75, 3.05) is 0 Å². The summed E-state index contributed by atoms with van der Waals surface area (Å²) in [4.78, 5) is 16.7. The van der Waals surface area contributed by atoms with Crippen LogP contribution in [0, 0.1) is 23.8 Å². The number of allylic oxidation sites excluding steroid dienone is 2. The Morgan fingerprint density at radius 1 is 0.830 bits per heavy atom. The van der Waals surface area contributed by atoms with Gasteiger partial charge >= 0.3 is 0 Å². The normalized spacial score (nSPS) is 12.3. The molecule has 5 aromatic carbocycles. The summed E-state index contributed by atoms with van der Waals surface area (Å²) in [5.41, 5.74) is 7.69. The SMILES string of the molecule is CCC(C)(C)C(=O)/C=C(\O)C(C)(C)CC.Cc1c(-c2ccccc2)ccc2c1oc1c(-c3[c-]c4ccc5ccccc5c4c(C(C)C)c3)nccc12.[Ir]. The molecule has 0 aliphatic rings. The zero-order valence-electron chi connectivity index (χ0n) is 32.4. The van der Waals surface area contributed by atoms with E-state index in [1.807, 2.05) is 53.8 Å². The number of carbonyl (C=O) groups is 1. The van der Waals surface area contributed by atoms with Crippen molar-refractivity contribution in [1.82, 2.24) is 4.98 Å². The van der Waals surface area contributed by atoms with E-state index in [9.17, 15) is 9.90 Å². The van der Waals surface area contributed by atoms with Crippen LogP contribution in [0.25, 0.3) is 65.9 Å². The molecule has 2 aromatic heterocycles. The second kappa shape index (κ2) is 15.8. The number of nitrogens with zero attached hydrogens (tertiary/aromatic N) is 1. The van der Waals surface area contributed by atoms with Gasteiger partial charge in [-0.3, -0.25) is 9.78 Å². The van der Waals surface area contributed by atoms with E-state index in [2.05, 4.69) is 112 Å². The van der Waals surface area contributed by atoms with Crippen LogP contribution >= 0.6 is 0 Å². The van der Waals surface area contributed by atoms with Crippen molar-refractivity contribution in [3.8, 4) is 22.4 Å². The van der Waals surface area contributed by atoms with Gasteiger partial charge in [0.25, 0.3) is 0 Å². The Labute approximate surface area is 327 Å². The van der Waals surface area contributed by atoms with E-state index in [0.29, 0.717) is 5.92 Å². The molecular formula is C48H50IrNO3-. The van der Waals surface area contributed by atoms with E-state index >= 15 is 0 Å². The summed E-state index contributed by atoms with van der Waals surface area (Å²) in [6, 6.07) is 35.8. The molecule has 0 aliphatic carbocycles. The van der Waals surface area contributed by atoms with Gasteiger partial charge < -0.3 is 9.52 Å². The molecule has 0 aliphatic heterocycles. The number of aliphatic hydroxyl groups excluding tert-OH is 1. The smallest absolute Gasteiger partial charge is 0.164 e. The molecule has 7 aromatic rings. The average Bonchev–Trinajstić information content (AvgIpc) is 3.54. The number of aliphatic hydroxyl groups is 1. The Bertz CT molecular complexity index is 2450. The van der Waals surface area contributed by atoms with Gasteiger partial charge in [-0.25, -0.2) is 0 Å². The van der Waals surface area contributed by atoms with Crippen LogP contribution in [0.3, 0.4) is 0 Å². The Morgan fingerprint density at radius 2 is 1.49 bits per heavy atom. The number of hydrogen-bond donors (Lipinski definition) is 1. The number of fused-ring (bicyclic) bond motifs is 6. The molecule has 5 heteroatoms. The maximum Gasteiger partial charge on any atom is 0.164 e. The first kappa shape index (κ1) is 39.6. The fourth-order valence-corrected chi connectivity index (χ4v) is 6.57. The molecule has 7 rings (SSSR count). The number of furan rings is 1. The molecule has 275 valence electrons. The summed E-state index contributed by atoms with van der Waals surface area (Å²) in [6.07, 6.45) is 4.88. The van der Waals surface area contributed by atoms with Crippen LogP contribution < -0.4 is 0 Å². The fourth-order valence-electron chi connectivity index (χ4n) is 6.57. The molecule has 0 unspecified atom stereocenters. The largest absolute Gasteiger partial charge is 0.512 e. The van der Waals surface area contributed by atoms with Gasteiger partial charge in [0.15, 0.2) is 5.78 Å². The maximum atomic E-state index is 11.8. The number of aryl methyl sites for hydroxylation is 1. The number of pyridine rings is 1. The van der Waals surface area contributed by atoms with Crippen LogP contribution in [0.15, 0.2) is 113 Å². The minimum absolute atomic E-state index is 0. The molecule has 53 heavy (non-hydrogen) atoms. The first-order chi connectivity index (χ1) is 24.8. The summed E-state index contributed by atoms with van der Waals surface area (Å²) in [6.45, 7) is 18.3. The van der Waals surface area contributed by atoms with Crippen molar-refractivity contribution in [1.29, 1.82) is 0 Å². The minimum atomic E-state index is -0.377. The van der Waals surface area contributed by atoms with E-state index in [1.165, 1.54) is 38.9 Å². The third-order valence-electron chi connectivity index (χ3n) is 10.9. The molecule has 0 spiro atoms. The van der Waals surface area contributed by atoms with Gasteiger partial charge in [-0.2, -0.15) is 0 Å². The standard InChI is InChI=1S/C35H26NO.C13H24O2.Ir/c1-21(2)31-20-26(19-25-14-13-24-11-7-8-12-28(24)32(25)31)33-35-30(17-18-36-33)29-16-15-27(22(3)34(29)37-35)23-9-5-4-6-10-23;1-7-12(3,4)10(14)9-11(15)13(5,6)8-2;/h4-18,20-21H,1-3H3;9,14H,7-8H2,1-6H3;/q-1;;/b;10-9-;. The molecule has 0 saturated carbocycles. The van der Waals surface area contributed by atoms with Gasteiger partial charge in [-0.15, -0.1) is 29.1 Å². The molecule has 0 bridgehead atoms. The molecule has 0 amide bonds. The summed E-state index contributed by atoms with van der Waals surface area (Å²) < 4.78 is 6.63. The first-order valence-corrected chi connectivity index (χ1v) is 18.5. The number of benzene rings is 5. The van der Waals surface area contributed by atoms with Crippen molar-refractivity contribution >= 4 is 49.3 Å². The van der Waals surface area contributed by atoms with Gasteiger partial charge in [0.1, 0.15) is 16.9 Å². The second-order valence-corrected chi connectivity index (χ2v) is 15.5. The molecule has 0 atom stereocenters. The zero-order chi connectivity index (χ0) is 37.4. The van der Waals surface area contributed by atoms with Crippen molar-refractivity contribution in [3.63, 3.8) is 0 Å². The summed E-state index contributed by atoms with van der Waals surface area (Å²) >= 11 is 0. The number of rotatable bonds is 8. The van der Waals surface area contributed by atoms with Crippen molar-refractivity contribution in [2.45, 2.75) is 81.1 Å². The third kappa shape index (κ3) is 7.74.